The number of benzene rings is 3. The molecule has 176 valence electrons. The Morgan fingerprint density at radius 3 is 2.21 bits per heavy atom. The SMILES string of the molecule is COc1cccc(Cn2cc(S(=O)(=O)c3ccc(Cl)cc3)c(=O)c3cc(OC)c(OC)cc32)c1. The number of pyridine rings is 1. The Hall–Kier alpha value is -3.49. The molecule has 4 rings (SSSR count). The Morgan fingerprint density at radius 2 is 1.56 bits per heavy atom. The Balaban J connectivity index is 2.01. The van der Waals surface area contributed by atoms with Crippen LogP contribution in [0.1, 0.15) is 5.56 Å². The molecule has 0 unspecified atom stereocenters. The highest BCUT2D eigenvalue weighted by Crippen LogP contribution is 2.32. The fraction of sp³-hybridized carbons (Fsp3) is 0.160. The molecule has 0 saturated carbocycles. The highest BCUT2D eigenvalue weighted by molar-refractivity contribution is 7.91. The van der Waals surface area contributed by atoms with Crippen LogP contribution in [-0.2, 0) is 16.4 Å². The second-order valence-corrected chi connectivity index (χ2v) is 9.84. The summed E-state index contributed by atoms with van der Waals surface area (Å²) in [5.41, 5.74) is 0.724. The summed E-state index contributed by atoms with van der Waals surface area (Å²) in [7, 11) is 0.387. The smallest absolute Gasteiger partial charge is 0.211 e. The fourth-order valence-corrected chi connectivity index (χ4v) is 5.22. The van der Waals surface area contributed by atoms with Gasteiger partial charge in [0, 0.05) is 23.8 Å². The minimum Gasteiger partial charge on any atom is -0.497 e. The van der Waals surface area contributed by atoms with Crippen molar-refractivity contribution >= 4 is 32.3 Å². The van der Waals surface area contributed by atoms with Gasteiger partial charge >= 0.3 is 0 Å². The lowest BCUT2D eigenvalue weighted by Gasteiger charge is -2.17. The number of methoxy groups -OCH3 is 3. The molecule has 7 nitrogen and oxygen atoms in total. The average Bonchev–Trinajstić information content (AvgIpc) is 2.85. The molecular formula is C25H22ClNO6S. The Labute approximate surface area is 202 Å². The van der Waals surface area contributed by atoms with E-state index in [4.69, 9.17) is 25.8 Å². The highest BCUT2D eigenvalue weighted by atomic mass is 35.5. The van der Waals surface area contributed by atoms with Crippen molar-refractivity contribution in [2.75, 3.05) is 21.3 Å². The zero-order valence-electron chi connectivity index (χ0n) is 18.7. The van der Waals surface area contributed by atoms with Gasteiger partial charge < -0.3 is 18.8 Å². The number of rotatable bonds is 7. The molecule has 0 spiro atoms. The van der Waals surface area contributed by atoms with Crippen molar-refractivity contribution in [3.05, 3.63) is 87.7 Å². The van der Waals surface area contributed by atoms with Gasteiger partial charge in [-0.3, -0.25) is 4.79 Å². The molecule has 1 aromatic heterocycles. The van der Waals surface area contributed by atoms with Gasteiger partial charge in [0.05, 0.1) is 37.1 Å². The average molecular weight is 500 g/mol. The molecule has 0 aliphatic heterocycles. The number of aromatic nitrogens is 1. The van der Waals surface area contributed by atoms with Crippen LogP contribution in [-0.4, -0.2) is 34.3 Å². The van der Waals surface area contributed by atoms with Crippen molar-refractivity contribution < 1.29 is 22.6 Å². The van der Waals surface area contributed by atoms with Gasteiger partial charge in [-0.05, 0) is 48.0 Å². The number of hydrogen-bond acceptors (Lipinski definition) is 6. The molecule has 0 fully saturated rings. The normalized spacial score (nSPS) is 11.4. The number of ether oxygens (including phenoxy) is 3. The van der Waals surface area contributed by atoms with E-state index >= 15 is 0 Å². The summed E-state index contributed by atoms with van der Waals surface area (Å²) in [6, 6.07) is 16.2. The third-order valence-corrected chi connectivity index (χ3v) is 7.47. The minimum absolute atomic E-state index is 0.0262. The molecule has 0 aliphatic carbocycles. The first kappa shape index (κ1) is 23.7. The van der Waals surface area contributed by atoms with E-state index < -0.39 is 15.3 Å². The Bertz CT molecular complexity index is 1530. The predicted molar refractivity (Wildman–Crippen MR) is 130 cm³/mol. The molecule has 4 aromatic rings. The molecule has 0 saturated heterocycles. The minimum atomic E-state index is -4.13. The lowest BCUT2D eigenvalue weighted by atomic mass is 10.1. The number of halogens is 1. The van der Waals surface area contributed by atoms with Crippen LogP contribution in [0.25, 0.3) is 10.9 Å². The van der Waals surface area contributed by atoms with Crippen molar-refractivity contribution in [1.29, 1.82) is 0 Å². The zero-order chi connectivity index (χ0) is 24.5. The first-order chi connectivity index (χ1) is 16.3. The molecule has 1 heterocycles. The lowest BCUT2D eigenvalue weighted by Crippen LogP contribution is -2.20. The molecule has 0 bridgehead atoms. The molecule has 0 N–H and O–H groups in total. The van der Waals surface area contributed by atoms with Crippen molar-refractivity contribution in [2.24, 2.45) is 0 Å². The van der Waals surface area contributed by atoms with Gasteiger partial charge in [-0.15, -0.1) is 0 Å². The van der Waals surface area contributed by atoms with E-state index in [1.807, 2.05) is 24.3 Å². The van der Waals surface area contributed by atoms with Crippen LogP contribution in [0.4, 0.5) is 0 Å². The van der Waals surface area contributed by atoms with Crippen LogP contribution in [0, 0.1) is 0 Å². The summed E-state index contributed by atoms with van der Waals surface area (Å²) in [6.07, 6.45) is 1.36. The maximum absolute atomic E-state index is 13.5. The molecule has 9 heteroatoms. The number of nitrogens with zero attached hydrogens (tertiary/aromatic N) is 1. The topological polar surface area (TPSA) is 83.8 Å². The van der Waals surface area contributed by atoms with Crippen LogP contribution in [0.2, 0.25) is 5.02 Å². The Kier molecular flexibility index (Phi) is 6.54. The van der Waals surface area contributed by atoms with E-state index in [1.165, 1.54) is 50.7 Å². The standard InChI is InChI=1S/C25H22ClNO6S/c1-31-18-6-4-5-16(11-18)14-27-15-24(34(29,30)19-9-7-17(26)8-10-19)25(28)20-12-22(32-2)23(33-3)13-21(20)27/h4-13,15H,14H2,1-3H3. The number of fused-ring (bicyclic) bond motifs is 1. The van der Waals surface area contributed by atoms with Gasteiger partial charge in [0.1, 0.15) is 10.6 Å². The number of sulfone groups is 1. The van der Waals surface area contributed by atoms with Gasteiger partial charge in [-0.2, -0.15) is 0 Å². The molecule has 0 radical (unpaired) electrons. The number of hydrogen-bond donors (Lipinski definition) is 0. The summed E-state index contributed by atoms with van der Waals surface area (Å²) in [4.78, 5) is 13.1. The third kappa shape index (κ3) is 4.34. The molecule has 0 amide bonds. The first-order valence-electron chi connectivity index (χ1n) is 10.2. The predicted octanol–water partition coefficient (Wildman–Crippen LogP) is 4.56. The summed E-state index contributed by atoms with van der Waals surface area (Å²) in [6.45, 7) is 0.284. The van der Waals surface area contributed by atoms with Crippen LogP contribution >= 0.6 is 11.6 Å². The fourth-order valence-electron chi connectivity index (χ4n) is 3.72. The van der Waals surface area contributed by atoms with Crippen molar-refractivity contribution in [3.8, 4) is 17.2 Å². The first-order valence-corrected chi connectivity index (χ1v) is 12.1. The van der Waals surface area contributed by atoms with Gasteiger partial charge in [-0.1, -0.05) is 23.7 Å². The highest BCUT2D eigenvalue weighted by Gasteiger charge is 2.25. The van der Waals surface area contributed by atoms with Crippen molar-refractivity contribution in [3.63, 3.8) is 0 Å². The summed E-state index contributed by atoms with van der Waals surface area (Å²) in [5, 5.41) is 0.584. The van der Waals surface area contributed by atoms with E-state index in [0.717, 1.165) is 5.56 Å². The van der Waals surface area contributed by atoms with E-state index in [1.54, 1.807) is 17.7 Å². The summed E-state index contributed by atoms with van der Waals surface area (Å²) in [5.74, 6) is 1.40. The van der Waals surface area contributed by atoms with Crippen molar-refractivity contribution in [2.45, 2.75) is 16.3 Å². The van der Waals surface area contributed by atoms with Gasteiger partial charge in [0.15, 0.2) is 11.5 Å². The van der Waals surface area contributed by atoms with E-state index in [2.05, 4.69) is 0 Å². The molecule has 0 atom stereocenters. The molecular weight excluding hydrogens is 478 g/mol. The van der Waals surface area contributed by atoms with Gasteiger partial charge in [-0.25, -0.2) is 8.42 Å². The zero-order valence-corrected chi connectivity index (χ0v) is 20.3. The van der Waals surface area contributed by atoms with E-state index in [0.29, 0.717) is 27.8 Å². The second kappa shape index (κ2) is 9.40. The lowest BCUT2D eigenvalue weighted by molar-refractivity contribution is 0.355. The van der Waals surface area contributed by atoms with Crippen LogP contribution in [0.5, 0.6) is 17.2 Å². The van der Waals surface area contributed by atoms with Crippen molar-refractivity contribution in [1.82, 2.24) is 4.57 Å². The molecule has 3 aromatic carbocycles. The quantitative estimate of drug-likeness (QED) is 0.370. The largest absolute Gasteiger partial charge is 0.497 e. The van der Waals surface area contributed by atoms with E-state index in [-0.39, 0.29) is 21.7 Å². The molecule has 34 heavy (non-hydrogen) atoms. The van der Waals surface area contributed by atoms with Crippen LogP contribution in [0.3, 0.4) is 0 Å². The van der Waals surface area contributed by atoms with Crippen LogP contribution in [0.15, 0.2) is 81.4 Å². The van der Waals surface area contributed by atoms with Gasteiger partial charge in [0.25, 0.3) is 0 Å². The van der Waals surface area contributed by atoms with Gasteiger partial charge in [0.2, 0.25) is 15.3 Å². The molecule has 0 aliphatic rings. The third-order valence-electron chi connectivity index (χ3n) is 5.45. The summed E-state index contributed by atoms with van der Waals surface area (Å²) < 4.78 is 44.7. The van der Waals surface area contributed by atoms with Crippen LogP contribution < -0.4 is 19.6 Å². The Morgan fingerprint density at radius 1 is 0.882 bits per heavy atom. The maximum Gasteiger partial charge on any atom is 0.211 e. The monoisotopic (exact) mass is 499 g/mol. The maximum atomic E-state index is 13.5. The second-order valence-electron chi connectivity index (χ2n) is 7.48. The summed E-state index contributed by atoms with van der Waals surface area (Å²) >= 11 is 5.92. The van der Waals surface area contributed by atoms with E-state index in [9.17, 15) is 13.2 Å².